The number of fused-ring (bicyclic) bond motifs is 1. The third-order valence-electron chi connectivity index (χ3n) is 4.41. The summed E-state index contributed by atoms with van der Waals surface area (Å²) in [6.07, 6.45) is 0. The number of carbonyl (C=O) groups is 1. The summed E-state index contributed by atoms with van der Waals surface area (Å²) < 4.78 is 7.26. The number of methoxy groups -OCH3 is 1. The van der Waals surface area contributed by atoms with Gasteiger partial charge < -0.3 is 9.30 Å². The van der Waals surface area contributed by atoms with Gasteiger partial charge in [-0.3, -0.25) is 0 Å². The number of carbonyl (C=O) groups excluding carboxylic acids is 1. The molecule has 0 saturated heterocycles. The number of benzene rings is 2. The molecular weight excluding hydrogens is 338 g/mol. The highest BCUT2D eigenvalue weighted by molar-refractivity contribution is 6.81. The molecule has 4 heteroatoms. The summed E-state index contributed by atoms with van der Waals surface area (Å²) in [7, 11) is 1.91. The molecule has 0 radical (unpaired) electrons. The van der Waals surface area contributed by atoms with Crippen molar-refractivity contribution in [2.45, 2.75) is 19.6 Å². The summed E-state index contributed by atoms with van der Waals surface area (Å²) >= 11 is 0. The van der Waals surface area contributed by atoms with Crippen molar-refractivity contribution in [1.29, 1.82) is 0 Å². The maximum atomic E-state index is 12.7. The van der Waals surface area contributed by atoms with Gasteiger partial charge in [0.2, 0.25) is 0 Å². The predicted molar refractivity (Wildman–Crippen MR) is 111 cm³/mol. The van der Waals surface area contributed by atoms with Crippen molar-refractivity contribution in [3.63, 3.8) is 0 Å². The maximum Gasteiger partial charge on any atom is 0.340 e. The van der Waals surface area contributed by atoms with Gasteiger partial charge in [0.1, 0.15) is 0 Å². The first-order chi connectivity index (χ1) is 12.3. The van der Waals surface area contributed by atoms with Crippen molar-refractivity contribution < 1.29 is 9.53 Å². The lowest BCUT2D eigenvalue weighted by Gasteiger charge is -2.17. The van der Waals surface area contributed by atoms with E-state index in [4.69, 9.17) is 4.74 Å². The molecule has 0 N–H and O–H groups in total. The fourth-order valence-electron chi connectivity index (χ4n) is 3.36. The van der Waals surface area contributed by atoms with E-state index < -0.39 is 8.07 Å². The summed E-state index contributed by atoms with van der Waals surface area (Å²) in [6.45, 7) is 6.91. The zero-order chi connectivity index (χ0) is 18.9. The molecular formula is C22H25NO2Si. The molecule has 0 amide bonds. The van der Waals surface area contributed by atoms with Crippen molar-refractivity contribution in [2.75, 3.05) is 7.11 Å². The van der Waals surface area contributed by atoms with Crippen LogP contribution < -0.4 is 0 Å². The van der Waals surface area contributed by atoms with Crippen LogP contribution in [-0.4, -0.2) is 25.7 Å². The predicted octanol–water partition coefficient (Wildman–Crippen LogP) is 5.27. The zero-order valence-corrected chi connectivity index (χ0v) is 17.0. The average molecular weight is 364 g/mol. The summed E-state index contributed by atoms with van der Waals surface area (Å²) in [5, 5.41) is 0.925. The molecule has 134 valence electrons. The smallest absolute Gasteiger partial charge is 0.340 e. The quantitative estimate of drug-likeness (QED) is 0.467. The van der Waals surface area contributed by atoms with E-state index in [2.05, 4.69) is 42.0 Å². The highest BCUT2D eigenvalue weighted by Crippen LogP contribution is 2.35. The van der Waals surface area contributed by atoms with E-state index in [1.165, 1.54) is 7.11 Å². The first-order valence-corrected chi connectivity index (χ1v) is 12.4. The number of rotatable bonds is 4. The van der Waals surface area contributed by atoms with Gasteiger partial charge in [-0.1, -0.05) is 73.9 Å². The number of ether oxygens (including phenoxy) is 1. The van der Waals surface area contributed by atoms with E-state index in [1.54, 1.807) is 0 Å². The molecule has 0 atom stereocenters. The molecule has 2 aromatic carbocycles. The van der Waals surface area contributed by atoms with Gasteiger partial charge in [-0.2, -0.15) is 0 Å². The zero-order valence-electron chi connectivity index (χ0n) is 16.0. The average Bonchev–Trinajstić information content (AvgIpc) is 2.92. The minimum atomic E-state index is -1.55. The molecule has 0 spiro atoms. The largest absolute Gasteiger partial charge is 0.465 e. The van der Waals surface area contributed by atoms with Gasteiger partial charge in [-0.05, 0) is 17.2 Å². The molecule has 1 heterocycles. The Hall–Kier alpha value is -2.59. The van der Waals surface area contributed by atoms with Gasteiger partial charge in [0.25, 0.3) is 0 Å². The van der Waals surface area contributed by atoms with E-state index >= 15 is 0 Å². The molecule has 0 unspecified atom stereocenters. The van der Waals surface area contributed by atoms with E-state index in [9.17, 15) is 4.79 Å². The van der Waals surface area contributed by atoms with Crippen LogP contribution in [0.1, 0.15) is 21.6 Å². The Balaban J connectivity index is 2.42. The fourth-order valence-corrected chi connectivity index (χ4v) is 4.53. The Morgan fingerprint density at radius 3 is 2.23 bits per heavy atom. The van der Waals surface area contributed by atoms with Crippen LogP contribution in [-0.2, 0) is 11.8 Å². The minimum Gasteiger partial charge on any atom is -0.465 e. The lowest BCUT2D eigenvalue weighted by Crippen LogP contribution is -2.18. The Bertz CT molecular complexity index is 979. The highest BCUT2D eigenvalue weighted by Gasteiger charge is 2.26. The Kier molecular flexibility index (Phi) is 4.87. The number of aryl methyl sites for hydroxylation is 1. The summed E-state index contributed by atoms with van der Waals surface area (Å²) in [5.41, 5.74) is 7.17. The van der Waals surface area contributed by atoms with E-state index in [1.807, 2.05) is 49.5 Å². The maximum absolute atomic E-state index is 12.7. The molecule has 0 bridgehead atoms. The summed E-state index contributed by atoms with van der Waals surface area (Å²) in [5.74, 6) is -0.297. The van der Waals surface area contributed by atoms with Crippen LogP contribution in [0.5, 0.6) is 0 Å². The van der Waals surface area contributed by atoms with Crippen molar-refractivity contribution >= 4 is 30.5 Å². The summed E-state index contributed by atoms with van der Waals surface area (Å²) in [4.78, 5) is 12.7. The molecule has 1 aromatic heterocycles. The summed E-state index contributed by atoms with van der Waals surface area (Å²) in [6, 6.07) is 18.3. The number of esters is 1. The molecule has 0 aliphatic heterocycles. The van der Waals surface area contributed by atoms with Gasteiger partial charge in [0.15, 0.2) is 0 Å². The van der Waals surface area contributed by atoms with Crippen LogP contribution in [0.2, 0.25) is 19.6 Å². The van der Waals surface area contributed by atoms with Crippen LogP contribution in [0.3, 0.4) is 0 Å². The Labute approximate surface area is 155 Å². The van der Waals surface area contributed by atoms with Gasteiger partial charge in [-0.15, -0.1) is 0 Å². The van der Waals surface area contributed by atoms with Gasteiger partial charge >= 0.3 is 5.97 Å². The van der Waals surface area contributed by atoms with Gasteiger partial charge in [0, 0.05) is 18.0 Å². The molecule has 3 aromatic rings. The number of para-hydroxylation sites is 1. The van der Waals surface area contributed by atoms with E-state index in [0.29, 0.717) is 5.56 Å². The molecule has 0 saturated carbocycles. The van der Waals surface area contributed by atoms with Crippen LogP contribution in [0, 0.1) is 0 Å². The molecule has 3 rings (SSSR count). The van der Waals surface area contributed by atoms with Crippen molar-refractivity contribution in [1.82, 2.24) is 4.57 Å². The molecule has 0 aliphatic rings. The second kappa shape index (κ2) is 6.96. The van der Waals surface area contributed by atoms with Crippen LogP contribution in [0.15, 0.2) is 60.3 Å². The van der Waals surface area contributed by atoms with Crippen molar-refractivity contribution in [2.24, 2.45) is 7.05 Å². The topological polar surface area (TPSA) is 31.2 Å². The Morgan fingerprint density at radius 2 is 1.62 bits per heavy atom. The van der Waals surface area contributed by atoms with Gasteiger partial charge in [0.05, 0.1) is 26.4 Å². The SMILES string of the molecule is COC(=O)c1c(/C(=C/[Si](C)(C)C)c2ccccc2)n(C)c2ccccc12. The lowest BCUT2D eigenvalue weighted by atomic mass is 10.00. The third kappa shape index (κ3) is 3.37. The van der Waals surface area contributed by atoms with E-state index in [-0.39, 0.29) is 5.97 Å². The highest BCUT2D eigenvalue weighted by atomic mass is 28.3. The normalized spacial score (nSPS) is 12.4. The number of aromatic nitrogens is 1. The molecule has 0 aliphatic carbocycles. The first-order valence-electron chi connectivity index (χ1n) is 8.78. The fraction of sp³-hybridized carbons (Fsp3) is 0.227. The van der Waals surface area contributed by atoms with Crippen LogP contribution >= 0.6 is 0 Å². The monoisotopic (exact) mass is 363 g/mol. The van der Waals surface area contributed by atoms with Gasteiger partial charge in [-0.25, -0.2) is 4.79 Å². The van der Waals surface area contributed by atoms with Crippen molar-refractivity contribution in [3.8, 4) is 0 Å². The minimum absolute atomic E-state index is 0.297. The number of nitrogens with zero attached hydrogens (tertiary/aromatic N) is 1. The molecule has 0 fully saturated rings. The second-order valence-corrected chi connectivity index (χ2v) is 12.6. The van der Waals surface area contributed by atoms with Crippen molar-refractivity contribution in [3.05, 3.63) is 77.1 Å². The van der Waals surface area contributed by atoms with Crippen LogP contribution in [0.4, 0.5) is 0 Å². The molecule has 26 heavy (non-hydrogen) atoms. The number of hydrogen-bond acceptors (Lipinski definition) is 2. The number of hydrogen-bond donors (Lipinski definition) is 0. The third-order valence-corrected chi connectivity index (χ3v) is 5.57. The standard InChI is InChI=1S/C22H25NO2Si/c1-23-19-14-10-9-13-17(19)20(22(24)25-2)21(23)18(15-26(3,4)5)16-11-7-6-8-12-16/h6-15H,1-5H3/b18-15+. The van der Waals surface area contributed by atoms with E-state index in [0.717, 1.165) is 27.7 Å². The Morgan fingerprint density at radius 1 is 1.00 bits per heavy atom. The van der Waals surface area contributed by atoms with Crippen LogP contribution in [0.25, 0.3) is 16.5 Å². The first kappa shape index (κ1) is 18.2. The second-order valence-electron chi connectivity index (χ2n) is 7.58. The molecule has 3 nitrogen and oxygen atoms in total. The lowest BCUT2D eigenvalue weighted by molar-refractivity contribution is 0.0602.